The number of hydrogen-bond donors (Lipinski definition) is 1. The Bertz CT molecular complexity index is 627. The highest BCUT2D eigenvalue weighted by Crippen LogP contribution is 2.39. The first-order chi connectivity index (χ1) is 10.8. The highest BCUT2D eigenvalue weighted by atomic mass is 32.2. The minimum absolute atomic E-state index is 0.0607. The first kappa shape index (κ1) is 18.1. The van der Waals surface area contributed by atoms with Crippen LogP contribution in [-0.2, 0) is 9.84 Å². The number of anilines is 1. The fourth-order valence-corrected chi connectivity index (χ4v) is 4.33. The van der Waals surface area contributed by atoms with E-state index in [9.17, 15) is 17.2 Å². The molecule has 0 spiro atoms. The van der Waals surface area contributed by atoms with Crippen LogP contribution in [-0.4, -0.2) is 46.3 Å². The van der Waals surface area contributed by atoms with E-state index >= 15 is 0 Å². The normalized spacial score (nSPS) is 17.8. The van der Waals surface area contributed by atoms with Crippen molar-refractivity contribution in [3.05, 3.63) is 24.3 Å². The Morgan fingerprint density at radius 2 is 1.83 bits per heavy atom. The van der Waals surface area contributed by atoms with Crippen molar-refractivity contribution >= 4 is 15.5 Å². The zero-order valence-electron chi connectivity index (χ0n) is 13.6. The average Bonchev–Trinajstić information content (AvgIpc) is 2.93. The SMILES string of the molecule is CN(C)CC1(CNc2ccccc2S(=O)(=O)C(F)F)CCCC1. The van der Waals surface area contributed by atoms with Crippen LogP contribution in [0, 0.1) is 5.41 Å². The molecule has 0 bridgehead atoms. The van der Waals surface area contributed by atoms with Crippen LogP contribution in [0.25, 0.3) is 0 Å². The highest BCUT2D eigenvalue weighted by molar-refractivity contribution is 7.91. The third kappa shape index (κ3) is 4.20. The molecule has 1 aromatic carbocycles. The molecule has 7 heteroatoms. The summed E-state index contributed by atoms with van der Waals surface area (Å²) < 4.78 is 49.3. The molecule has 2 rings (SSSR count). The van der Waals surface area contributed by atoms with Gasteiger partial charge in [0.1, 0.15) is 0 Å². The van der Waals surface area contributed by atoms with Crippen LogP contribution in [0.3, 0.4) is 0 Å². The summed E-state index contributed by atoms with van der Waals surface area (Å²) >= 11 is 0. The maximum absolute atomic E-state index is 12.8. The largest absolute Gasteiger partial charge is 0.383 e. The molecule has 1 aliphatic rings. The molecule has 0 radical (unpaired) electrons. The van der Waals surface area contributed by atoms with Gasteiger partial charge in [-0.3, -0.25) is 0 Å². The second-order valence-corrected chi connectivity index (χ2v) is 8.49. The second-order valence-electron chi connectivity index (χ2n) is 6.60. The number of rotatable bonds is 7. The number of para-hydroxylation sites is 1. The lowest BCUT2D eigenvalue weighted by Crippen LogP contribution is -2.37. The molecule has 1 aliphatic carbocycles. The topological polar surface area (TPSA) is 49.4 Å². The Morgan fingerprint density at radius 1 is 1.22 bits per heavy atom. The van der Waals surface area contributed by atoms with Gasteiger partial charge in [0.15, 0.2) is 0 Å². The Hall–Kier alpha value is -1.21. The molecule has 1 N–H and O–H groups in total. The zero-order chi connectivity index (χ0) is 17.1. The van der Waals surface area contributed by atoms with Crippen molar-refractivity contribution in [2.75, 3.05) is 32.5 Å². The smallest absolute Gasteiger partial charge is 0.341 e. The predicted octanol–water partition coefficient (Wildman–Crippen LogP) is 3.22. The van der Waals surface area contributed by atoms with Crippen LogP contribution < -0.4 is 5.32 Å². The molecule has 4 nitrogen and oxygen atoms in total. The van der Waals surface area contributed by atoms with E-state index in [-0.39, 0.29) is 16.0 Å². The predicted molar refractivity (Wildman–Crippen MR) is 87.6 cm³/mol. The molecule has 0 aromatic heterocycles. The third-order valence-corrected chi connectivity index (χ3v) is 5.84. The summed E-state index contributed by atoms with van der Waals surface area (Å²) in [7, 11) is -0.584. The fraction of sp³-hybridized carbons (Fsp3) is 0.625. The fourth-order valence-electron chi connectivity index (χ4n) is 3.43. The number of hydrogen-bond acceptors (Lipinski definition) is 4. The van der Waals surface area contributed by atoms with Crippen molar-refractivity contribution in [3.8, 4) is 0 Å². The van der Waals surface area contributed by atoms with Crippen molar-refractivity contribution in [1.29, 1.82) is 0 Å². The van der Waals surface area contributed by atoms with Gasteiger partial charge in [-0.15, -0.1) is 0 Å². The summed E-state index contributed by atoms with van der Waals surface area (Å²) in [6.07, 6.45) is 4.41. The first-order valence-corrected chi connectivity index (χ1v) is 9.31. The molecule has 0 aliphatic heterocycles. The van der Waals surface area contributed by atoms with E-state index < -0.39 is 15.6 Å². The molecule has 0 atom stereocenters. The number of halogens is 2. The number of sulfone groups is 1. The monoisotopic (exact) mass is 346 g/mol. The number of nitrogens with one attached hydrogen (secondary N) is 1. The van der Waals surface area contributed by atoms with Crippen molar-refractivity contribution in [2.45, 2.75) is 36.3 Å². The van der Waals surface area contributed by atoms with E-state index in [0.29, 0.717) is 6.54 Å². The van der Waals surface area contributed by atoms with E-state index in [1.54, 1.807) is 12.1 Å². The van der Waals surface area contributed by atoms with E-state index in [2.05, 4.69) is 10.2 Å². The summed E-state index contributed by atoms with van der Waals surface area (Å²) in [6, 6.07) is 5.90. The van der Waals surface area contributed by atoms with Gasteiger partial charge in [-0.1, -0.05) is 25.0 Å². The van der Waals surface area contributed by atoms with E-state index in [0.717, 1.165) is 32.2 Å². The van der Waals surface area contributed by atoms with Gasteiger partial charge in [0.05, 0.1) is 10.6 Å². The van der Waals surface area contributed by atoms with E-state index in [4.69, 9.17) is 0 Å². The van der Waals surface area contributed by atoms with Gasteiger partial charge in [-0.2, -0.15) is 8.78 Å². The molecule has 0 heterocycles. The average molecular weight is 346 g/mol. The van der Waals surface area contributed by atoms with Gasteiger partial charge in [-0.25, -0.2) is 8.42 Å². The molecule has 0 amide bonds. The third-order valence-electron chi connectivity index (χ3n) is 4.40. The van der Waals surface area contributed by atoms with Gasteiger partial charge in [0.25, 0.3) is 0 Å². The molecule has 0 saturated heterocycles. The molecular weight excluding hydrogens is 322 g/mol. The summed E-state index contributed by atoms with van der Waals surface area (Å²) in [5, 5.41) is 3.12. The second kappa shape index (κ2) is 7.13. The summed E-state index contributed by atoms with van der Waals surface area (Å²) in [5.41, 5.74) is 0.323. The summed E-state index contributed by atoms with van der Waals surface area (Å²) in [6.45, 7) is 1.48. The van der Waals surface area contributed by atoms with E-state index in [1.165, 1.54) is 12.1 Å². The maximum Gasteiger partial charge on any atom is 0.341 e. The van der Waals surface area contributed by atoms with Gasteiger partial charge in [0, 0.05) is 18.5 Å². The summed E-state index contributed by atoms with van der Waals surface area (Å²) in [4.78, 5) is 1.79. The van der Waals surface area contributed by atoms with Crippen molar-refractivity contribution < 1.29 is 17.2 Å². The van der Waals surface area contributed by atoms with Crippen molar-refractivity contribution in [2.24, 2.45) is 5.41 Å². The van der Waals surface area contributed by atoms with Gasteiger partial charge in [0.2, 0.25) is 9.84 Å². The minimum atomic E-state index is -4.60. The molecular formula is C16H24F2N2O2S. The van der Waals surface area contributed by atoms with Crippen molar-refractivity contribution in [3.63, 3.8) is 0 Å². The molecule has 1 aromatic rings. The van der Waals surface area contributed by atoms with Crippen molar-refractivity contribution in [1.82, 2.24) is 4.90 Å². The Labute approximate surface area is 136 Å². The van der Waals surface area contributed by atoms with Crippen LogP contribution in [0.2, 0.25) is 0 Å². The molecule has 23 heavy (non-hydrogen) atoms. The first-order valence-electron chi connectivity index (χ1n) is 7.77. The van der Waals surface area contributed by atoms with Crippen LogP contribution >= 0.6 is 0 Å². The standard InChI is InChI=1S/C16H24F2N2O2S/c1-20(2)12-16(9-5-6-10-16)11-19-13-7-3-4-8-14(13)23(21,22)15(17)18/h3-4,7-8,15,19H,5-6,9-12H2,1-2H3. The lowest BCUT2D eigenvalue weighted by Gasteiger charge is -2.33. The van der Waals surface area contributed by atoms with Crippen LogP contribution in [0.5, 0.6) is 0 Å². The number of nitrogens with zero attached hydrogens (tertiary/aromatic N) is 1. The van der Waals surface area contributed by atoms with E-state index in [1.807, 2.05) is 14.1 Å². The van der Waals surface area contributed by atoms with Crippen LogP contribution in [0.1, 0.15) is 25.7 Å². The minimum Gasteiger partial charge on any atom is -0.383 e. The number of benzene rings is 1. The highest BCUT2D eigenvalue weighted by Gasteiger charge is 2.35. The van der Waals surface area contributed by atoms with Crippen LogP contribution in [0.4, 0.5) is 14.5 Å². The molecule has 1 fully saturated rings. The molecule has 0 unspecified atom stereocenters. The molecule has 130 valence electrons. The van der Waals surface area contributed by atoms with Gasteiger partial charge >= 0.3 is 5.76 Å². The van der Waals surface area contributed by atoms with Crippen LogP contribution in [0.15, 0.2) is 29.2 Å². The Balaban J connectivity index is 2.21. The zero-order valence-corrected chi connectivity index (χ0v) is 14.4. The Morgan fingerprint density at radius 3 is 2.39 bits per heavy atom. The van der Waals surface area contributed by atoms with Gasteiger partial charge in [-0.05, 0) is 39.1 Å². The summed E-state index contributed by atoms with van der Waals surface area (Å²) in [5.74, 6) is -3.41. The molecule has 1 saturated carbocycles. The quantitative estimate of drug-likeness (QED) is 0.824. The maximum atomic E-state index is 12.8. The van der Waals surface area contributed by atoms with Gasteiger partial charge < -0.3 is 10.2 Å². The number of alkyl halides is 2. The lowest BCUT2D eigenvalue weighted by atomic mass is 9.85. The Kier molecular flexibility index (Phi) is 5.62. The lowest BCUT2D eigenvalue weighted by molar-refractivity contribution is 0.215.